The first-order chi connectivity index (χ1) is 10.2. The summed E-state index contributed by atoms with van der Waals surface area (Å²) in [5.74, 6) is 0.504. The summed E-state index contributed by atoms with van der Waals surface area (Å²) in [4.78, 5) is 14.1. The standard InChI is InChI=1S/C17H16FNO2/c18-15-6-3-4-13(10-15)11-17(20)19-8-9-21-16-7-2-1-5-14(16)12-19/h1-7,10H,8-9,11-12H2. The number of benzene rings is 2. The summed E-state index contributed by atoms with van der Waals surface area (Å²) in [6.45, 7) is 1.55. The highest BCUT2D eigenvalue weighted by atomic mass is 19.1. The maximum absolute atomic E-state index is 13.2. The molecule has 0 aliphatic carbocycles. The number of rotatable bonds is 2. The molecule has 0 fully saturated rings. The number of hydrogen-bond acceptors (Lipinski definition) is 2. The van der Waals surface area contributed by atoms with Crippen LogP contribution >= 0.6 is 0 Å². The summed E-state index contributed by atoms with van der Waals surface area (Å²) in [5.41, 5.74) is 1.70. The van der Waals surface area contributed by atoms with Crippen molar-refractivity contribution in [1.29, 1.82) is 0 Å². The van der Waals surface area contributed by atoms with E-state index < -0.39 is 0 Å². The zero-order valence-corrected chi connectivity index (χ0v) is 11.6. The van der Waals surface area contributed by atoms with Crippen molar-refractivity contribution in [3.63, 3.8) is 0 Å². The summed E-state index contributed by atoms with van der Waals surface area (Å²) in [5, 5.41) is 0. The lowest BCUT2D eigenvalue weighted by Gasteiger charge is -2.19. The van der Waals surface area contributed by atoms with Crippen molar-refractivity contribution in [3.8, 4) is 5.75 Å². The summed E-state index contributed by atoms with van der Waals surface area (Å²) in [6, 6.07) is 13.9. The Bertz CT molecular complexity index is 657. The van der Waals surface area contributed by atoms with Gasteiger partial charge in [0.2, 0.25) is 5.91 Å². The van der Waals surface area contributed by atoms with Crippen molar-refractivity contribution < 1.29 is 13.9 Å². The lowest BCUT2D eigenvalue weighted by molar-refractivity contribution is -0.131. The molecule has 1 heterocycles. The summed E-state index contributed by atoms with van der Waals surface area (Å²) >= 11 is 0. The second-order valence-electron chi connectivity index (χ2n) is 5.08. The van der Waals surface area contributed by atoms with E-state index in [2.05, 4.69) is 0 Å². The van der Waals surface area contributed by atoms with E-state index in [9.17, 15) is 9.18 Å². The van der Waals surface area contributed by atoms with Gasteiger partial charge in [0.15, 0.2) is 0 Å². The van der Waals surface area contributed by atoms with Gasteiger partial charge in [-0.25, -0.2) is 4.39 Å². The Hall–Kier alpha value is -2.36. The molecule has 0 bridgehead atoms. The molecule has 4 heteroatoms. The van der Waals surface area contributed by atoms with Crippen LogP contribution in [-0.2, 0) is 17.8 Å². The molecule has 3 rings (SSSR count). The minimum atomic E-state index is -0.315. The van der Waals surface area contributed by atoms with Gasteiger partial charge in [-0.05, 0) is 23.8 Å². The Labute approximate surface area is 123 Å². The number of ether oxygens (including phenoxy) is 1. The molecule has 1 aliphatic rings. The molecule has 0 spiro atoms. The Morgan fingerprint density at radius 3 is 2.90 bits per heavy atom. The Morgan fingerprint density at radius 2 is 2.05 bits per heavy atom. The van der Waals surface area contributed by atoms with E-state index in [1.54, 1.807) is 17.0 Å². The molecule has 21 heavy (non-hydrogen) atoms. The largest absolute Gasteiger partial charge is 0.491 e. The van der Waals surface area contributed by atoms with Gasteiger partial charge in [-0.3, -0.25) is 4.79 Å². The van der Waals surface area contributed by atoms with Crippen LogP contribution in [0.25, 0.3) is 0 Å². The van der Waals surface area contributed by atoms with Gasteiger partial charge in [0.05, 0.1) is 13.0 Å². The minimum Gasteiger partial charge on any atom is -0.491 e. The zero-order chi connectivity index (χ0) is 14.7. The monoisotopic (exact) mass is 285 g/mol. The van der Waals surface area contributed by atoms with E-state index in [0.29, 0.717) is 25.3 Å². The smallest absolute Gasteiger partial charge is 0.227 e. The van der Waals surface area contributed by atoms with E-state index in [1.165, 1.54) is 12.1 Å². The van der Waals surface area contributed by atoms with Crippen LogP contribution in [0, 0.1) is 5.82 Å². The number of fused-ring (bicyclic) bond motifs is 1. The third-order valence-corrected chi connectivity index (χ3v) is 3.55. The molecule has 0 N–H and O–H groups in total. The maximum Gasteiger partial charge on any atom is 0.227 e. The quantitative estimate of drug-likeness (QED) is 0.849. The fourth-order valence-corrected chi connectivity index (χ4v) is 2.47. The minimum absolute atomic E-state index is 0.0131. The molecule has 3 nitrogen and oxygen atoms in total. The van der Waals surface area contributed by atoms with Crippen LogP contribution in [0.4, 0.5) is 4.39 Å². The maximum atomic E-state index is 13.2. The van der Waals surface area contributed by atoms with Gasteiger partial charge in [-0.2, -0.15) is 0 Å². The van der Waals surface area contributed by atoms with Crippen molar-refractivity contribution in [2.45, 2.75) is 13.0 Å². The number of carbonyl (C=O) groups excluding carboxylic acids is 1. The molecular weight excluding hydrogens is 269 g/mol. The highest BCUT2D eigenvalue weighted by molar-refractivity contribution is 5.79. The number of amides is 1. The first-order valence-corrected chi connectivity index (χ1v) is 6.95. The number of carbonyl (C=O) groups is 1. The molecule has 0 radical (unpaired) electrons. The third-order valence-electron chi connectivity index (χ3n) is 3.55. The van der Waals surface area contributed by atoms with Gasteiger partial charge < -0.3 is 9.64 Å². The molecule has 2 aromatic rings. The summed E-state index contributed by atoms with van der Waals surface area (Å²) in [7, 11) is 0. The number of para-hydroxylation sites is 1. The van der Waals surface area contributed by atoms with Gasteiger partial charge in [0.1, 0.15) is 18.2 Å². The molecule has 0 saturated heterocycles. The van der Waals surface area contributed by atoms with Crippen LogP contribution in [0.1, 0.15) is 11.1 Å². The van der Waals surface area contributed by atoms with Gasteiger partial charge in [0.25, 0.3) is 0 Å². The molecule has 0 unspecified atom stereocenters. The number of nitrogens with zero attached hydrogens (tertiary/aromatic N) is 1. The second kappa shape index (κ2) is 5.95. The number of hydrogen-bond donors (Lipinski definition) is 0. The molecule has 0 atom stereocenters. The molecule has 1 amide bonds. The van der Waals surface area contributed by atoms with Crippen molar-refractivity contribution in [3.05, 3.63) is 65.5 Å². The highest BCUT2D eigenvalue weighted by Gasteiger charge is 2.19. The SMILES string of the molecule is O=C(Cc1cccc(F)c1)N1CCOc2ccccc2C1. The average Bonchev–Trinajstić information content (AvgIpc) is 2.69. The van der Waals surface area contributed by atoms with E-state index in [0.717, 1.165) is 11.3 Å². The summed E-state index contributed by atoms with van der Waals surface area (Å²) in [6.07, 6.45) is 0.208. The van der Waals surface area contributed by atoms with E-state index in [4.69, 9.17) is 4.74 Å². The van der Waals surface area contributed by atoms with Crippen LogP contribution in [0.2, 0.25) is 0 Å². The van der Waals surface area contributed by atoms with Gasteiger partial charge >= 0.3 is 0 Å². The molecule has 0 aromatic heterocycles. The topological polar surface area (TPSA) is 29.5 Å². The number of halogens is 1. The fourth-order valence-electron chi connectivity index (χ4n) is 2.47. The Kier molecular flexibility index (Phi) is 3.86. The van der Waals surface area contributed by atoms with Crippen LogP contribution in [-0.4, -0.2) is 24.0 Å². The van der Waals surface area contributed by atoms with Crippen molar-refractivity contribution in [2.24, 2.45) is 0 Å². The van der Waals surface area contributed by atoms with Crippen molar-refractivity contribution >= 4 is 5.91 Å². The van der Waals surface area contributed by atoms with Crippen molar-refractivity contribution in [1.82, 2.24) is 4.90 Å². The van der Waals surface area contributed by atoms with Crippen LogP contribution in [0.5, 0.6) is 5.75 Å². The van der Waals surface area contributed by atoms with Gasteiger partial charge in [-0.15, -0.1) is 0 Å². The van der Waals surface area contributed by atoms with Crippen LogP contribution < -0.4 is 4.74 Å². The molecule has 1 aliphatic heterocycles. The molecule has 2 aromatic carbocycles. The molecule has 0 saturated carbocycles. The summed E-state index contributed by atoms with van der Waals surface area (Å²) < 4.78 is 18.8. The Morgan fingerprint density at radius 1 is 1.19 bits per heavy atom. The van der Waals surface area contributed by atoms with Crippen LogP contribution in [0.15, 0.2) is 48.5 Å². The van der Waals surface area contributed by atoms with Gasteiger partial charge in [0, 0.05) is 12.1 Å². The average molecular weight is 285 g/mol. The van der Waals surface area contributed by atoms with Crippen molar-refractivity contribution in [2.75, 3.05) is 13.2 Å². The van der Waals surface area contributed by atoms with Crippen LogP contribution in [0.3, 0.4) is 0 Å². The predicted molar refractivity (Wildman–Crippen MR) is 77.5 cm³/mol. The predicted octanol–water partition coefficient (Wildman–Crippen LogP) is 2.79. The lowest BCUT2D eigenvalue weighted by Crippen LogP contribution is -2.33. The first-order valence-electron chi connectivity index (χ1n) is 6.95. The second-order valence-corrected chi connectivity index (χ2v) is 5.08. The Balaban J connectivity index is 1.73. The lowest BCUT2D eigenvalue weighted by atomic mass is 10.1. The highest BCUT2D eigenvalue weighted by Crippen LogP contribution is 2.22. The normalized spacial score (nSPS) is 14.0. The molecular formula is C17H16FNO2. The van der Waals surface area contributed by atoms with E-state index in [-0.39, 0.29) is 18.1 Å². The van der Waals surface area contributed by atoms with E-state index in [1.807, 2.05) is 24.3 Å². The molecule has 108 valence electrons. The fraction of sp³-hybridized carbons (Fsp3) is 0.235. The third kappa shape index (κ3) is 3.21. The zero-order valence-electron chi connectivity index (χ0n) is 11.6. The van der Waals surface area contributed by atoms with Gasteiger partial charge in [-0.1, -0.05) is 30.3 Å². The van der Waals surface area contributed by atoms with E-state index >= 15 is 0 Å². The first kappa shape index (κ1) is 13.6.